The number of rotatable bonds is 12. The molecule has 1 atom stereocenters. The van der Waals surface area contributed by atoms with Crippen LogP contribution in [0.1, 0.15) is 29.3 Å². The SMILES string of the molecule is CCC(Sc1cccc(NC(=O)/C(=C\c2cccc(Cl)c2Cl)NC(=O)c2ccccc2)c1)C(=O)Nc1cc(Cl)c(OC)cc1OC. The summed E-state index contributed by atoms with van der Waals surface area (Å²) in [5.74, 6) is -0.494. The summed E-state index contributed by atoms with van der Waals surface area (Å²) in [7, 11) is 2.98. The molecule has 0 spiro atoms. The van der Waals surface area contributed by atoms with Crippen LogP contribution in [0, 0.1) is 0 Å². The van der Waals surface area contributed by atoms with Gasteiger partial charge >= 0.3 is 0 Å². The second-order valence-electron chi connectivity index (χ2n) is 9.69. The van der Waals surface area contributed by atoms with Crippen molar-refractivity contribution in [3.05, 3.63) is 117 Å². The Morgan fingerprint density at radius 3 is 2.24 bits per heavy atom. The van der Waals surface area contributed by atoms with E-state index in [0.29, 0.717) is 50.5 Å². The highest BCUT2D eigenvalue weighted by Gasteiger charge is 2.22. The number of methoxy groups -OCH3 is 2. The van der Waals surface area contributed by atoms with Gasteiger partial charge in [0.25, 0.3) is 11.8 Å². The normalized spacial score (nSPS) is 11.7. The molecule has 3 N–H and O–H groups in total. The molecule has 4 aromatic rings. The van der Waals surface area contributed by atoms with Gasteiger partial charge in [0.2, 0.25) is 5.91 Å². The summed E-state index contributed by atoms with van der Waals surface area (Å²) in [5.41, 5.74) is 1.63. The van der Waals surface area contributed by atoms with E-state index in [-0.39, 0.29) is 16.6 Å². The molecule has 0 aliphatic carbocycles. The van der Waals surface area contributed by atoms with Gasteiger partial charge in [-0.05, 0) is 60.5 Å². The summed E-state index contributed by atoms with van der Waals surface area (Å²) in [4.78, 5) is 40.5. The maximum absolute atomic E-state index is 13.5. The van der Waals surface area contributed by atoms with Crippen molar-refractivity contribution in [3.63, 3.8) is 0 Å². The molecule has 0 heterocycles. The van der Waals surface area contributed by atoms with Gasteiger partial charge in [-0.15, -0.1) is 11.8 Å². The minimum absolute atomic E-state index is 0.0472. The summed E-state index contributed by atoms with van der Waals surface area (Å²) in [6.07, 6.45) is 1.97. The van der Waals surface area contributed by atoms with Crippen LogP contribution in [0.4, 0.5) is 11.4 Å². The molecule has 3 amide bonds. The largest absolute Gasteiger partial charge is 0.495 e. The number of carbonyl (C=O) groups excluding carboxylic acids is 3. The minimum Gasteiger partial charge on any atom is -0.495 e. The molecule has 0 saturated carbocycles. The first-order chi connectivity index (χ1) is 22.1. The van der Waals surface area contributed by atoms with Gasteiger partial charge in [-0.3, -0.25) is 14.4 Å². The fraction of sp³-hybridized carbons (Fsp3) is 0.147. The number of anilines is 2. The van der Waals surface area contributed by atoms with Gasteiger partial charge in [0.15, 0.2) is 0 Å². The highest BCUT2D eigenvalue weighted by Crippen LogP contribution is 2.37. The molecule has 238 valence electrons. The molecule has 12 heteroatoms. The molecule has 0 bridgehead atoms. The quantitative estimate of drug-likeness (QED) is 0.101. The highest BCUT2D eigenvalue weighted by atomic mass is 35.5. The van der Waals surface area contributed by atoms with Crippen LogP contribution in [0.15, 0.2) is 95.5 Å². The number of hydrogen-bond donors (Lipinski definition) is 3. The zero-order chi connectivity index (χ0) is 33.2. The smallest absolute Gasteiger partial charge is 0.272 e. The maximum atomic E-state index is 13.5. The predicted octanol–water partition coefficient (Wildman–Crippen LogP) is 8.58. The molecule has 46 heavy (non-hydrogen) atoms. The van der Waals surface area contributed by atoms with Crippen molar-refractivity contribution < 1.29 is 23.9 Å². The Hall–Kier alpha value is -4.15. The van der Waals surface area contributed by atoms with E-state index >= 15 is 0 Å². The Balaban J connectivity index is 1.53. The minimum atomic E-state index is -0.587. The van der Waals surface area contributed by atoms with Crippen LogP contribution in [0.5, 0.6) is 11.5 Å². The first-order valence-electron chi connectivity index (χ1n) is 14.0. The van der Waals surface area contributed by atoms with Crippen LogP contribution in [0.2, 0.25) is 15.1 Å². The molecule has 0 aliphatic rings. The van der Waals surface area contributed by atoms with E-state index in [0.717, 1.165) is 4.90 Å². The average molecular weight is 699 g/mol. The van der Waals surface area contributed by atoms with Gasteiger partial charge in [0, 0.05) is 22.2 Å². The molecule has 4 aromatic carbocycles. The molecular formula is C34H30Cl3N3O5S. The highest BCUT2D eigenvalue weighted by molar-refractivity contribution is 8.00. The van der Waals surface area contributed by atoms with Gasteiger partial charge in [0.1, 0.15) is 17.2 Å². The van der Waals surface area contributed by atoms with E-state index in [2.05, 4.69) is 16.0 Å². The molecule has 4 rings (SSSR count). The first kappa shape index (κ1) is 34.7. The number of hydrogen-bond acceptors (Lipinski definition) is 6. The van der Waals surface area contributed by atoms with Crippen molar-refractivity contribution in [3.8, 4) is 11.5 Å². The third-order valence-corrected chi connectivity index (χ3v) is 9.06. The number of carbonyl (C=O) groups is 3. The zero-order valence-corrected chi connectivity index (χ0v) is 28.1. The van der Waals surface area contributed by atoms with Crippen molar-refractivity contribution >= 4 is 81.7 Å². The van der Waals surface area contributed by atoms with Crippen molar-refractivity contribution in [2.75, 3.05) is 24.9 Å². The zero-order valence-electron chi connectivity index (χ0n) is 25.0. The van der Waals surface area contributed by atoms with Gasteiger partial charge in [-0.25, -0.2) is 0 Å². The molecule has 1 unspecified atom stereocenters. The standard InChI is InChI=1S/C34H30Cl3N3O5S/c1-4-30(34(43)39-26-18-25(36)28(44-2)19-29(26)45-3)46-23-14-9-13-22(17-23)38-33(42)27(16-21-12-8-15-24(35)31(21)37)40-32(41)20-10-6-5-7-11-20/h5-19,30H,4H2,1-3H3,(H,38,42)(H,39,43)(H,40,41)/b27-16+. The fourth-order valence-corrected chi connectivity index (χ4v) is 5.85. The van der Waals surface area contributed by atoms with E-state index in [1.54, 1.807) is 78.9 Å². The monoisotopic (exact) mass is 697 g/mol. The number of ether oxygens (including phenoxy) is 2. The lowest BCUT2D eigenvalue weighted by atomic mass is 10.1. The Morgan fingerprint density at radius 2 is 1.54 bits per heavy atom. The third-order valence-electron chi connectivity index (χ3n) is 6.58. The molecule has 0 aromatic heterocycles. The Labute approximate surface area is 286 Å². The van der Waals surface area contributed by atoms with Crippen molar-refractivity contribution in [2.45, 2.75) is 23.5 Å². The van der Waals surface area contributed by atoms with E-state index in [9.17, 15) is 14.4 Å². The van der Waals surface area contributed by atoms with Crippen LogP contribution in [0.25, 0.3) is 6.08 Å². The molecular weight excluding hydrogens is 669 g/mol. The van der Waals surface area contributed by atoms with E-state index < -0.39 is 17.1 Å². The third kappa shape index (κ3) is 8.98. The van der Waals surface area contributed by atoms with E-state index in [1.807, 2.05) is 13.0 Å². The topological polar surface area (TPSA) is 106 Å². The van der Waals surface area contributed by atoms with Crippen LogP contribution < -0.4 is 25.4 Å². The van der Waals surface area contributed by atoms with Crippen LogP contribution in [-0.4, -0.2) is 37.2 Å². The van der Waals surface area contributed by atoms with Crippen LogP contribution in [-0.2, 0) is 9.59 Å². The lowest BCUT2D eigenvalue weighted by molar-refractivity contribution is -0.116. The average Bonchev–Trinajstić information content (AvgIpc) is 3.05. The molecule has 0 radical (unpaired) electrons. The van der Waals surface area contributed by atoms with E-state index in [1.165, 1.54) is 32.1 Å². The van der Waals surface area contributed by atoms with Gasteiger partial charge in [-0.2, -0.15) is 0 Å². The summed E-state index contributed by atoms with van der Waals surface area (Å²) >= 11 is 20.2. The number of thioether (sulfide) groups is 1. The maximum Gasteiger partial charge on any atom is 0.272 e. The summed E-state index contributed by atoms with van der Waals surface area (Å²) < 4.78 is 10.6. The first-order valence-corrected chi connectivity index (χ1v) is 16.0. The summed E-state index contributed by atoms with van der Waals surface area (Å²) in [6, 6.07) is 23.7. The van der Waals surface area contributed by atoms with Crippen molar-refractivity contribution in [1.82, 2.24) is 5.32 Å². The summed E-state index contributed by atoms with van der Waals surface area (Å²) in [5, 5.41) is 8.79. The van der Waals surface area contributed by atoms with Gasteiger partial charge in [0.05, 0.1) is 40.2 Å². The van der Waals surface area contributed by atoms with Gasteiger partial charge < -0.3 is 25.4 Å². The second kappa shape index (κ2) is 16.4. The summed E-state index contributed by atoms with van der Waals surface area (Å²) in [6.45, 7) is 1.90. The lowest BCUT2D eigenvalue weighted by Crippen LogP contribution is -2.30. The molecule has 0 aliphatic heterocycles. The Bertz CT molecular complexity index is 1770. The number of benzene rings is 4. The second-order valence-corrected chi connectivity index (χ2v) is 12.2. The van der Waals surface area contributed by atoms with Gasteiger partial charge in [-0.1, -0.05) is 78.1 Å². The predicted molar refractivity (Wildman–Crippen MR) is 187 cm³/mol. The van der Waals surface area contributed by atoms with Crippen LogP contribution in [0.3, 0.4) is 0 Å². The molecule has 0 saturated heterocycles. The molecule has 8 nitrogen and oxygen atoms in total. The fourth-order valence-electron chi connectivity index (χ4n) is 4.23. The lowest BCUT2D eigenvalue weighted by Gasteiger charge is -2.18. The molecule has 0 fully saturated rings. The van der Waals surface area contributed by atoms with E-state index in [4.69, 9.17) is 44.3 Å². The number of halogens is 3. The Morgan fingerprint density at radius 1 is 0.826 bits per heavy atom. The van der Waals surface area contributed by atoms with Crippen molar-refractivity contribution in [1.29, 1.82) is 0 Å². The Kier molecular flexibility index (Phi) is 12.4. The van der Waals surface area contributed by atoms with Crippen molar-refractivity contribution in [2.24, 2.45) is 0 Å². The number of amides is 3. The number of nitrogens with one attached hydrogen (secondary N) is 3. The van der Waals surface area contributed by atoms with Crippen LogP contribution >= 0.6 is 46.6 Å².